The molecule has 1 aromatic heterocycles. The highest BCUT2D eigenvalue weighted by Crippen LogP contribution is 2.23. The van der Waals surface area contributed by atoms with Crippen molar-refractivity contribution in [2.24, 2.45) is 5.16 Å². The lowest BCUT2D eigenvalue weighted by Gasteiger charge is -2.09. The average molecular weight is 507 g/mol. The van der Waals surface area contributed by atoms with Crippen LogP contribution in [0.3, 0.4) is 0 Å². The van der Waals surface area contributed by atoms with Gasteiger partial charge in [-0.05, 0) is 23.4 Å². The number of ether oxygens (including phenoxy) is 1. The number of anilines is 1. The highest BCUT2D eigenvalue weighted by atomic mass is 35.5. The first-order valence-electron chi connectivity index (χ1n) is 9.23. The number of hydrogen-bond donors (Lipinski definition) is 2. The van der Waals surface area contributed by atoms with E-state index < -0.39 is 30.1 Å². The molecule has 1 aliphatic rings. The third kappa shape index (κ3) is 6.08. The number of nitriles is 1. The fourth-order valence-corrected chi connectivity index (χ4v) is 2.77. The molecular weight excluding hydrogens is 492 g/mol. The first-order chi connectivity index (χ1) is 16.2. The number of hydrazine groups is 1. The van der Waals surface area contributed by atoms with E-state index in [9.17, 15) is 22.4 Å². The molecule has 1 fully saturated rings. The maximum absolute atomic E-state index is 13.4. The molecule has 1 aromatic carbocycles. The van der Waals surface area contributed by atoms with Gasteiger partial charge in [-0.2, -0.15) is 23.4 Å². The third-order valence-electron chi connectivity index (χ3n) is 4.23. The number of rotatable bonds is 9. The van der Waals surface area contributed by atoms with Gasteiger partial charge in [0.05, 0.1) is 11.6 Å². The molecule has 2 N–H and O–H groups in total. The molecule has 2 heterocycles. The van der Waals surface area contributed by atoms with Crippen LogP contribution >= 0.6 is 11.6 Å². The molecule has 0 amide bonds. The summed E-state index contributed by atoms with van der Waals surface area (Å²) in [5, 5.41) is 27.7. The molecule has 34 heavy (non-hydrogen) atoms. The Morgan fingerprint density at radius 3 is 2.82 bits per heavy atom. The minimum atomic E-state index is -5.31. The van der Waals surface area contributed by atoms with E-state index in [4.69, 9.17) is 21.6 Å². The molecule has 1 aliphatic heterocycles. The molecule has 0 bridgehead atoms. The molecule has 182 valence electrons. The third-order valence-corrected chi connectivity index (χ3v) is 4.52. The highest BCUT2D eigenvalue weighted by molar-refractivity contribution is 6.31. The summed E-state index contributed by atoms with van der Waals surface area (Å²) in [5.74, 6) is -3.84. The lowest BCUT2D eigenvalue weighted by Crippen LogP contribution is -2.27. The zero-order valence-corrected chi connectivity index (χ0v) is 17.9. The van der Waals surface area contributed by atoms with Crippen LogP contribution in [0, 0.1) is 17.3 Å². The zero-order chi connectivity index (χ0) is 24.9. The topological polar surface area (TPSA) is 141 Å². The quantitative estimate of drug-likeness (QED) is 0.0977. The summed E-state index contributed by atoms with van der Waals surface area (Å²) in [6, 6.07) is 3.31. The standard InChI is InChI=1S/C17H15ClF4N8O4/c1-32-5-4-29-16(30(29)8-23)24-7-12-13(27-34-26-12)14(28-33-15(31)17(20,21)22)25-9-2-3-11(19)10(18)6-9/h2-3,6,16,24H,4-5,7H2,1H3,(H,25,28). The number of benzene rings is 1. The van der Waals surface area contributed by atoms with Crippen LogP contribution in [0.1, 0.15) is 11.4 Å². The number of alkyl halides is 3. The molecule has 0 spiro atoms. The Morgan fingerprint density at radius 2 is 2.18 bits per heavy atom. The van der Waals surface area contributed by atoms with Gasteiger partial charge in [-0.3, -0.25) is 5.32 Å². The molecule has 12 nitrogen and oxygen atoms in total. The molecule has 3 rings (SSSR count). The predicted octanol–water partition coefficient (Wildman–Crippen LogP) is 1.77. The lowest BCUT2D eigenvalue weighted by atomic mass is 10.2. The van der Waals surface area contributed by atoms with Crippen LogP contribution in [-0.2, 0) is 20.9 Å². The maximum Gasteiger partial charge on any atom is 0.493 e. The van der Waals surface area contributed by atoms with E-state index in [0.29, 0.717) is 13.2 Å². The average Bonchev–Trinajstić information content (AvgIpc) is 3.25. The fraction of sp³-hybridized carbons (Fsp3) is 0.353. The van der Waals surface area contributed by atoms with Crippen LogP contribution < -0.4 is 10.6 Å². The summed E-state index contributed by atoms with van der Waals surface area (Å²) in [7, 11) is 1.50. The van der Waals surface area contributed by atoms with Gasteiger partial charge >= 0.3 is 12.1 Å². The first kappa shape index (κ1) is 25.1. The predicted molar refractivity (Wildman–Crippen MR) is 105 cm³/mol. The number of halogens is 5. The second-order valence-corrected chi connectivity index (χ2v) is 6.89. The Hall–Kier alpha value is -3.52. The van der Waals surface area contributed by atoms with E-state index in [1.54, 1.807) is 5.01 Å². The molecule has 2 unspecified atom stereocenters. The number of hydrogen-bond acceptors (Lipinski definition) is 11. The Labute approximate surface area is 193 Å². The molecule has 0 saturated carbocycles. The second kappa shape index (κ2) is 10.6. The van der Waals surface area contributed by atoms with Crippen LogP contribution in [0.5, 0.6) is 0 Å². The monoisotopic (exact) mass is 506 g/mol. The largest absolute Gasteiger partial charge is 0.493 e. The molecule has 1 saturated heterocycles. The van der Waals surface area contributed by atoms with Crippen molar-refractivity contribution in [1.82, 2.24) is 25.6 Å². The van der Waals surface area contributed by atoms with Crippen molar-refractivity contribution < 1.29 is 36.6 Å². The van der Waals surface area contributed by atoms with E-state index in [1.807, 2.05) is 6.19 Å². The van der Waals surface area contributed by atoms with E-state index in [2.05, 4.69) is 35.6 Å². The first-order valence-corrected chi connectivity index (χ1v) is 9.61. The summed E-state index contributed by atoms with van der Waals surface area (Å²) < 4.78 is 60.7. The van der Waals surface area contributed by atoms with Gasteiger partial charge in [0.2, 0.25) is 5.84 Å². The normalized spacial score (nSPS) is 17.9. The van der Waals surface area contributed by atoms with E-state index in [-0.39, 0.29) is 28.6 Å². The summed E-state index contributed by atoms with van der Waals surface area (Å²) in [4.78, 5) is 15.1. The van der Waals surface area contributed by atoms with Gasteiger partial charge in [0.15, 0.2) is 18.2 Å². The van der Waals surface area contributed by atoms with Gasteiger partial charge in [-0.15, -0.1) is 0 Å². The van der Waals surface area contributed by atoms with Gasteiger partial charge in [-0.1, -0.05) is 21.9 Å². The second-order valence-electron chi connectivity index (χ2n) is 6.48. The molecule has 0 radical (unpaired) electrons. The number of methoxy groups -OCH3 is 1. The van der Waals surface area contributed by atoms with E-state index in [0.717, 1.165) is 12.1 Å². The van der Waals surface area contributed by atoms with Crippen molar-refractivity contribution in [3.63, 3.8) is 0 Å². The molecule has 2 atom stereocenters. The van der Waals surface area contributed by atoms with Crippen LogP contribution in [-0.4, -0.2) is 64.9 Å². The summed E-state index contributed by atoms with van der Waals surface area (Å²) in [6.45, 7) is 0.695. The summed E-state index contributed by atoms with van der Waals surface area (Å²) in [5.41, 5.74) is -0.103. The van der Waals surface area contributed by atoms with Crippen molar-refractivity contribution in [3.8, 4) is 6.19 Å². The number of oxime groups is 1. The summed E-state index contributed by atoms with van der Waals surface area (Å²) in [6.07, 6.45) is -3.87. The summed E-state index contributed by atoms with van der Waals surface area (Å²) >= 11 is 5.72. The van der Waals surface area contributed by atoms with Crippen molar-refractivity contribution in [2.45, 2.75) is 19.0 Å². The Balaban J connectivity index is 1.80. The van der Waals surface area contributed by atoms with Crippen molar-refractivity contribution in [1.29, 1.82) is 5.26 Å². The molecule has 2 aromatic rings. The Bertz CT molecular complexity index is 1110. The van der Waals surface area contributed by atoms with Crippen LogP contribution in [0.15, 0.2) is 28.0 Å². The lowest BCUT2D eigenvalue weighted by molar-refractivity contribution is -0.199. The van der Waals surface area contributed by atoms with Crippen LogP contribution in [0.25, 0.3) is 0 Å². The van der Waals surface area contributed by atoms with E-state index >= 15 is 0 Å². The van der Waals surface area contributed by atoms with Crippen LogP contribution in [0.2, 0.25) is 5.02 Å². The SMILES string of the molecule is COCCN1C(NCc2nonc2/C(=N\OC(=O)C(F)(F)F)Nc2ccc(F)c(Cl)c2)N1C#N. The van der Waals surface area contributed by atoms with Crippen molar-refractivity contribution in [2.75, 3.05) is 25.6 Å². The highest BCUT2D eigenvalue weighted by Gasteiger charge is 2.45. The number of nitrogens with one attached hydrogen (secondary N) is 2. The van der Waals surface area contributed by atoms with Gasteiger partial charge < -0.3 is 14.9 Å². The Kier molecular flexibility index (Phi) is 7.83. The number of aromatic nitrogens is 2. The molecular formula is C17H15ClF4N8O4. The maximum atomic E-state index is 13.4. The fourth-order valence-electron chi connectivity index (χ4n) is 2.59. The van der Waals surface area contributed by atoms with Crippen molar-refractivity contribution in [3.05, 3.63) is 40.4 Å². The van der Waals surface area contributed by atoms with Gasteiger partial charge in [0.1, 0.15) is 11.5 Å². The number of nitrogens with zero attached hydrogens (tertiary/aromatic N) is 6. The van der Waals surface area contributed by atoms with Gasteiger partial charge in [0.25, 0.3) is 0 Å². The van der Waals surface area contributed by atoms with Gasteiger partial charge in [0, 0.05) is 25.9 Å². The van der Waals surface area contributed by atoms with Gasteiger partial charge in [-0.25, -0.2) is 18.8 Å². The van der Waals surface area contributed by atoms with Crippen LogP contribution in [0.4, 0.5) is 23.2 Å². The van der Waals surface area contributed by atoms with Crippen molar-refractivity contribution >= 4 is 29.1 Å². The minimum Gasteiger partial charge on any atom is -0.383 e. The number of carbonyl (C=O) groups excluding carboxylic acids is 1. The minimum absolute atomic E-state index is 0.0407. The van der Waals surface area contributed by atoms with E-state index in [1.165, 1.54) is 18.2 Å². The Morgan fingerprint density at radius 1 is 1.41 bits per heavy atom. The molecule has 0 aliphatic carbocycles. The number of carbonyl (C=O) groups is 1. The molecule has 17 heteroatoms. The zero-order valence-electron chi connectivity index (χ0n) is 17.1. The number of amidine groups is 1. The smallest absolute Gasteiger partial charge is 0.383 e.